The molecule has 0 fully saturated rings. The van der Waals surface area contributed by atoms with Crippen LogP contribution in [-0.4, -0.2) is 0 Å². The minimum absolute atomic E-state index is 0.295. The van der Waals surface area contributed by atoms with Gasteiger partial charge in [0.2, 0.25) is 0 Å². The van der Waals surface area contributed by atoms with Crippen molar-refractivity contribution in [2.75, 3.05) is 0 Å². The lowest BCUT2D eigenvalue weighted by Crippen LogP contribution is -2.24. The second-order valence-corrected chi connectivity index (χ2v) is 6.72. The molecule has 0 bridgehead atoms. The molecule has 0 heterocycles. The van der Waals surface area contributed by atoms with Crippen molar-refractivity contribution >= 4 is 11.6 Å². The highest BCUT2D eigenvalue weighted by Gasteiger charge is 2.33. The van der Waals surface area contributed by atoms with Crippen molar-refractivity contribution in [2.24, 2.45) is 11.8 Å². The molecule has 0 nitrogen and oxygen atoms in total. The third kappa shape index (κ3) is 3.22. The molecule has 0 saturated heterocycles. The van der Waals surface area contributed by atoms with Gasteiger partial charge >= 0.3 is 0 Å². The van der Waals surface area contributed by atoms with Gasteiger partial charge in [0.1, 0.15) is 0 Å². The van der Waals surface area contributed by atoms with E-state index in [2.05, 4.69) is 67.7 Å². The molecule has 0 amide bonds. The summed E-state index contributed by atoms with van der Waals surface area (Å²) in [4.78, 5) is 0. The van der Waals surface area contributed by atoms with E-state index in [4.69, 9.17) is 11.6 Å². The minimum atomic E-state index is 0.295. The smallest absolute Gasteiger partial charge is 0.0470 e. The monoisotopic (exact) mass is 316 g/mol. The second kappa shape index (κ2) is 7.33. The highest BCUT2D eigenvalue weighted by Crippen LogP contribution is 2.46. The van der Waals surface area contributed by atoms with Gasteiger partial charge in [-0.1, -0.05) is 59.2 Å². The van der Waals surface area contributed by atoms with E-state index in [1.165, 1.54) is 33.4 Å². The zero-order chi connectivity index (χ0) is 17.2. The van der Waals surface area contributed by atoms with E-state index in [0.717, 1.165) is 10.6 Å². The van der Waals surface area contributed by atoms with E-state index < -0.39 is 0 Å². The Morgan fingerprint density at radius 2 is 1.68 bits per heavy atom. The average Bonchev–Trinajstić information content (AvgIpc) is 2.52. The maximum absolute atomic E-state index is 6.57. The molecule has 1 aliphatic rings. The molecule has 0 radical (unpaired) electrons. The second-order valence-electron chi connectivity index (χ2n) is 6.34. The Balaban J connectivity index is 3.62. The van der Waals surface area contributed by atoms with Gasteiger partial charge in [0, 0.05) is 16.9 Å². The van der Waals surface area contributed by atoms with E-state index >= 15 is 0 Å². The standard InChI is InChI=1S/C21H29Cl/c1-10-12(3)14(5)19(13(4)11-2)20-16(7)15(6)17(8)21(22)18(20)9/h10-11,19-20H,1,8H2,2-7,9H3/b13-11+,14-12-. The summed E-state index contributed by atoms with van der Waals surface area (Å²) >= 11 is 6.57. The van der Waals surface area contributed by atoms with Crippen LogP contribution < -0.4 is 0 Å². The molecular weight excluding hydrogens is 288 g/mol. The van der Waals surface area contributed by atoms with Gasteiger partial charge in [-0.15, -0.1) is 0 Å². The van der Waals surface area contributed by atoms with E-state index in [1.54, 1.807) is 0 Å². The Labute approximate surface area is 141 Å². The maximum atomic E-state index is 6.57. The van der Waals surface area contributed by atoms with Crippen LogP contribution in [0.3, 0.4) is 0 Å². The van der Waals surface area contributed by atoms with Crippen LogP contribution >= 0.6 is 11.6 Å². The maximum Gasteiger partial charge on any atom is 0.0470 e. The van der Waals surface area contributed by atoms with Crippen molar-refractivity contribution in [1.29, 1.82) is 0 Å². The van der Waals surface area contributed by atoms with Crippen molar-refractivity contribution in [3.05, 3.63) is 69.4 Å². The quantitative estimate of drug-likeness (QED) is 0.382. The zero-order valence-corrected chi connectivity index (χ0v) is 15.9. The summed E-state index contributed by atoms with van der Waals surface area (Å²) in [5, 5.41) is 0.825. The average molecular weight is 317 g/mol. The molecule has 120 valence electrons. The number of rotatable bonds is 4. The fraction of sp³-hybridized carbons (Fsp3) is 0.429. The Morgan fingerprint density at radius 3 is 2.14 bits per heavy atom. The molecule has 0 N–H and O–H groups in total. The molecule has 0 aliphatic heterocycles. The van der Waals surface area contributed by atoms with Gasteiger partial charge in [-0.3, -0.25) is 0 Å². The normalized spacial score (nSPS) is 22.8. The summed E-state index contributed by atoms with van der Waals surface area (Å²) in [5.41, 5.74) is 8.74. The molecule has 2 unspecified atom stereocenters. The number of hydrogen-bond donors (Lipinski definition) is 0. The number of halogens is 1. The molecule has 2 atom stereocenters. The van der Waals surface area contributed by atoms with E-state index in [9.17, 15) is 0 Å². The topological polar surface area (TPSA) is 0 Å². The lowest BCUT2D eigenvalue weighted by atomic mass is 9.69. The molecule has 1 aliphatic carbocycles. The highest BCUT2D eigenvalue weighted by molar-refractivity contribution is 6.33. The summed E-state index contributed by atoms with van der Waals surface area (Å²) < 4.78 is 0. The first-order valence-corrected chi connectivity index (χ1v) is 8.22. The van der Waals surface area contributed by atoms with Crippen LogP contribution in [-0.2, 0) is 0 Å². The molecule has 1 rings (SSSR count). The molecule has 0 aromatic rings. The first-order chi connectivity index (χ1) is 10.2. The minimum Gasteiger partial charge on any atom is -0.0988 e. The van der Waals surface area contributed by atoms with Gasteiger partial charge in [-0.25, -0.2) is 0 Å². The lowest BCUT2D eigenvalue weighted by Gasteiger charge is -2.36. The van der Waals surface area contributed by atoms with Crippen LogP contribution in [0.1, 0.15) is 48.5 Å². The van der Waals surface area contributed by atoms with Crippen molar-refractivity contribution in [3.8, 4) is 0 Å². The van der Waals surface area contributed by atoms with Gasteiger partial charge in [0.15, 0.2) is 0 Å². The number of hydrogen-bond acceptors (Lipinski definition) is 0. The van der Waals surface area contributed by atoms with Crippen LogP contribution in [0, 0.1) is 11.8 Å². The van der Waals surface area contributed by atoms with Gasteiger partial charge in [-0.05, 0) is 65.2 Å². The Kier molecular flexibility index (Phi) is 6.26. The number of allylic oxidation sites excluding steroid dienone is 10. The van der Waals surface area contributed by atoms with Gasteiger partial charge < -0.3 is 0 Å². The van der Waals surface area contributed by atoms with E-state index in [0.29, 0.717) is 11.8 Å². The fourth-order valence-electron chi connectivity index (χ4n) is 3.28. The lowest BCUT2D eigenvalue weighted by molar-refractivity contribution is 0.537. The Hall–Kier alpha value is -1.27. The van der Waals surface area contributed by atoms with E-state index in [1.807, 2.05) is 6.08 Å². The van der Waals surface area contributed by atoms with Crippen molar-refractivity contribution in [3.63, 3.8) is 0 Å². The summed E-state index contributed by atoms with van der Waals surface area (Å²) in [5.74, 6) is 0.615. The molecule has 0 spiro atoms. The molecule has 0 aromatic carbocycles. The summed E-state index contributed by atoms with van der Waals surface area (Å²) in [7, 11) is 0. The van der Waals surface area contributed by atoms with Gasteiger partial charge in [-0.2, -0.15) is 0 Å². The zero-order valence-electron chi connectivity index (χ0n) is 15.1. The largest absolute Gasteiger partial charge is 0.0988 e. The van der Waals surface area contributed by atoms with Crippen LogP contribution in [0.15, 0.2) is 69.4 Å². The third-order valence-electron chi connectivity index (χ3n) is 5.26. The SMILES string of the molecule is C=C/C(C)=C(/C)C(/C(C)=C/C)C1C(C)=C(C)C(=C)C(Cl)=C1C. The van der Waals surface area contributed by atoms with Crippen LogP contribution in [0.2, 0.25) is 0 Å². The van der Waals surface area contributed by atoms with Crippen molar-refractivity contribution in [2.45, 2.75) is 48.5 Å². The van der Waals surface area contributed by atoms with E-state index in [-0.39, 0.29) is 0 Å². The Morgan fingerprint density at radius 1 is 1.14 bits per heavy atom. The molecule has 1 heteroatoms. The van der Waals surface area contributed by atoms with Crippen LogP contribution in [0.25, 0.3) is 0 Å². The third-order valence-corrected chi connectivity index (χ3v) is 5.79. The fourth-order valence-corrected chi connectivity index (χ4v) is 3.53. The Bertz CT molecular complexity index is 587. The summed E-state index contributed by atoms with van der Waals surface area (Å²) in [6.07, 6.45) is 4.15. The predicted molar refractivity (Wildman–Crippen MR) is 101 cm³/mol. The molecular formula is C21H29Cl. The van der Waals surface area contributed by atoms with Gasteiger partial charge in [0.25, 0.3) is 0 Å². The van der Waals surface area contributed by atoms with Crippen molar-refractivity contribution in [1.82, 2.24) is 0 Å². The van der Waals surface area contributed by atoms with Crippen LogP contribution in [0.4, 0.5) is 0 Å². The highest BCUT2D eigenvalue weighted by atomic mass is 35.5. The van der Waals surface area contributed by atoms with Crippen molar-refractivity contribution < 1.29 is 0 Å². The first-order valence-electron chi connectivity index (χ1n) is 7.84. The van der Waals surface area contributed by atoms with Crippen LogP contribution in [0.5, 0.6) is 0 Å². The predicted octanol–water partition coefficient (Wildman–Crippen LogP) is 7.13. The van der Waals surface area contributed by atoms with Gasteiger partial charge in [0.05, 0.1) is 0 Å². The summed E-state index contributed by atoms with van der Waals surface area (Å²) in [6.45, 7) is 23.2. The first kappa shape index (κ1) is 18.8. The molecule has 22 heavy (non-hydrogen) atoms. The molecule has 0 saturated carbocycles. The summed E-state index contributed by atoms with van der Waals surface area (Å²) in [6, 6.07) is 0. The molecule has 0 aromatic heterocycles.